The molecule has 0 aliphatic carbocycles. The van der Waals surface area contributed by atoms with Crippen LogP contribution in [0.2, 0.25) is 0 Å². The Morgan fingerprint density at radius 1 is 0.881 bits per heavy atom. The van der Waals surface area contributed by atoms with Gasteiger partial charge in [0.2, 0.25) is 0 Å². The summed E-state index contributed by atoms with van der Waals surface area (Å²) in [6, 6.07) is 18.8. The Morgan fingerprint density at radius 2 is 1.62 bits per heavy atom. The summed E-state index contributed by atoms with van der Waals surface area (Å²) in [5, 5.41) is 9.92. The van der Waals surface area contributed by atoms with Gasteiger partial charge in [0.25, 0.3) is 5.92 Å². The summed E-state index contributed by atoms with van der Waals surface area (Å²) < 4.78 is 112. The van der Waals surface area contributed by atoms with Gasteiger partial charge in [0.1, 0.15) is 5.75 Å². The van der Waals surface area contributed by atoms with E-state index in [0.29, 0.717) is 41.0 Å². The lowest BCUT2D eigenvalue weighted by Crippen LogP contribution is -2.44. The van der Waals surface area contributed by atoms with Gasteiger partial charge < -0.3 is 19.6 Å². The fourth-order valence-electron chi connectivity index (χ4n) is 6.01. The highest BCUT2D eigenvalue weighted by Crippen LogP contribution is 2.48. The van der Waals surface area contributed by atoms with Gasteiger partial charge >= 0.3 is 12.5 Å². The predicted molar refractivity (Wildman–Crippen MR) is 141 cm³/mol. The number of hydrogen-bond acceptors (Lipinski definition) is 4. The molecule has 1 unspecified atom stereocenters. The molecule has 2 aliphatic rings. The topological polar surface area (TPSA) is 35.9 Å². The van der Waals surface area contributed by atoms with Crippen LogP contribution < -0.4 is 14.5 Å². The van der Waals surface area contributed by atoms with E-state index in [1.54, 1.807) is 59.5 Å². The van der Waals surface area contributed by atoms with Crippen LogP contribution in [-0.4, -0.2) is 55.9 Å². The Labute approximate surface area is 237 Å². The van der Waals surface area contributed by atoms with Crippen LogP contribution in [0.3, 0.4) is 0 Å². The van der Waals surface area contributed by atoms with E-state index in [4.69, 9.17) is 0 Å². The average molecular weight is 601 g/mol. The summed E-state index contributed by atoms with van der Waals surface area (Å²) in [5.41, 5.74) is 1.34. The fourth-order valence-corrected chi connectivity index (χ4v) is 6.01. The van der Waals surface area contributed by atoms with Gasteiger partial charge in [-0.05, 0) is 59.9 Å². The molecule has 3 aromatic carbocycles. The summed E-state index contributed by atoms with van der Waals surface area (Å²) in [4.78, 5) is 2.95. The van der Waals surface area contributed by atoms with E-state index in [-0.39, 0.29) is 19.4 Å². The summed E-state index contributed by atoms with van der Waals surface area (Å²) in [6.45, 7) is -0.914. The Kier molecular flexibility index (Phi) is 7.80. The minimum absolute atomic E-state index is 0.0963. The van der Waals surface area contributed by atoms with E-state index in [1.165, 1.54) is 17.0 Å². The first kappa shape index (κ1) is 29.9. The van der Waals surface area contributed by atoms with Crippen molar-refractivity contribution in [3.05, 3.63) is 89.5 Å². The first-order valence-corrected chi connectivity index (χ1v) is 13.3. The Balaban J connectivity index is 1.59. The van der Waals surface area contributed by atoms with Crippen LogP contribution in [0.15, 0.2) is 72.8 Å². The highest BCUT2D eigenvalue weighted by Gasteiger charge is 2.48. The molecule has 2 heterocycles. The molecule has 12 heteroatoms. The maximum atomic E-state index is 14.2. The normalized spacial score (nSPS) is 21.3. The summed E-state index contributed by atoms with van der Waals surface area (Å²) in [6.07, 6.45) is -12.3. The second kappa shape index (κ2) is 10.9. The Hall–Kier alpha value is -3.54. The number of rotatable bonds is 7. The van der Waals surface area contributed by atoms with Crippen LogP contribution >= 0.6 is 0 Å². The first-order chi connectivity index (χ1) is 19.7. The summed E-state index contributed by atoms with van der Waals surface area (Å²) >= 11 is 0. The Morgan fingerprint density at radius 3 is 2.33 bits per heavy atom. The zero-order chi connectivity index (χ0) is 30.3. The number of anilines is 2. The van der Waals surface area contributed by atoms with Crippen molar-refractivity contribution in [2.45, 2.75) is 49.2 Å². The quantitative estimate of drug-likeness (QED) is 0.294. The molecule has 1 fully saturated rings. The molecule has 0 spiro atoms. The molecular formula is C30H28F8N2O2. The number of halogens is 8. The van der Waals surface area contributed by atoms with Crippen molar-refractivity contribution in [2.75, 3.05) is 36.0 Å². The lowest BCUT2D eigenvalue weighted by atomic mass is 9.71. The fraction of sp³-hybridized carbons (Fsp3) is 0.400. The number of nitrogens with zero attached hydrogens (tertiary/aromatic N) is 2. The molecule has 1 saturated heterocycles. The van der Waals surface area contributed by atoms with Crippen molar-refractivity contribution in [2.24, 2.45) is 0 Å². The highest BCUT2D eigenvalue weighted by molar-refractivity contribution is 5.67. The average Bonchev–Trinajstić information content (AvgIpc) is 3.21. The minimum atomic E-state index is -4.97. The molecular weight excluding hydrogens is 572 g/mol. The third-order valence-corrected chi connectivity index (χ3v) is 7.79. The standard InChI is InChI=1S/C30H28F8N2O2/c31-28(32)12-5-13-39(19-28)22-8-3-6-20(14-22)16-27(21-7-4-9-23(15-21)42-30(36,37)38)18-40(17-26(41)29(33,34)35)25-11-2-1-10-24(25)27/h1-4,6-11,14-15,26,41H,5,12-13,16-19H2/t26-,27?/m1/s1. The molecule has 0 radical (unpaired) electrons. The maximum absolute atomic E-state index is 14.2. The third kappa shape index (κ3) is 6.43. The van der Waals surface area contributed by atoms with E-state index >= 15 is 0 Å². The van der Waals surface area contributed by atoms with Gasteiger partial charge in [-0.2, -0.15) is 13.2 Å². The molecule has 0 saturated carbocycles. The van der Waals surface area contributed by atoms with Gasteiger partial charge in [-0.3, -0.25) is 0 Å². The molecule has 3 aromatic rings. The molecule has 0 aromatic heterocycles. The van der Waals surface area contributed by atoms with Crippen molar-refractivity contribution in [1.29, 1.82) is 0 Å². The number of fused-ring (bicyclic) bond motifs is 1. The van der Waals surface area contributed by atoms with Crippen molar-refractivity contribution in [1.82, 2.24) is 0 Å². The van der Waals surface area contributed by atoms with Crippen LogP contribution in [0.5, 0.6) is 5.75 Å². The van der Waals surface area contributed by atoms with Crippen LogP contribution in [0, 0.1) is 0 Å². The summed E-state index contributed by atoms with van der Waals surface area (Å²) in [5.74, 6) is -3.34. The SMILES string of the molecule is O[C@H](CN1CC(Cc2cccc(N3CCCC(F)(F)C3)c2)(c2cccc(OC(F)(F)F)c2)c2ccccc21)C(F)(F)F. The monoisotopic (exact) mass is 600 g/mol. The number of aliphatic hydroxyl groups is 1. The number of alkyl halides is 8. The van der Waals surface area contributed by atoms with Crippen LogP contribution in [-0.2, 0) is 11.8 Å². The van der Waals surface area contributed by atoms with Gasteiger partial charge in [-0.1, -0.05) is 42.5 Å². The largest absolute Gasteiger partial charge is 0.573 e. The smallest absolute Gasteiger partial charge is 0.406 e. The lowest BCUT2D eigenvalue weighted by molar-refractivity contribution is -0.274. The van der Waals surface area contributed by atoms with Gasteiger partial charge in [-0.25, -0.2) is 8.78 Å². The third-order valence-electron chi connectivity index (χ3n) is 7.79. The van der Waals surface area contributed by atoms with Crippen molar-refractivity contribution < 1.29 is 45.0 Å². The Bertz CT molecular complexity index is 1410. The van der Waals surface area contributed by atoms with Gasteiger partial charge in [0.15, 0.2) is 6.10 Å². The van der Waals surface area contributed by atoms with Gasteiger partial charge in [-0.15, -0.1) is 13.2 Å². The van der Waals surface area contributed by atoms with Crippen molar-refractivity contribution in [3.8, 4) is 5.75 Å². The lowest BCUT2D eigenvalue weighted by Gasteiger charge is -2.35. The van der Waals surface area contributed by atoms with Crippen LogP contribution in [0.1, 0.15) is 29.5 Å². The highest BCUT2D eigenvalue weighted by atomic mass is 19.4. The molecule has 1 N–H and O–H groups in total. The van der Waals surface area contributed by atoms with E-state index in [1.807, 2.05) is 0 Å². The van der Waals surface area contributed by atoms with Crippen LogP contribution in [0.4, 0.5) is 46.5 Å². The van der Waals surface area contributed by atoms with Gasteiger partial charge in [0, 0.05) is 36.3 Å². The predicted octanol–water partition coefficient (Wildman–Crippen LogP) is 7.09. The number of benzene rings is 3. The molecule has 0 amide bonds. The van der Waals surface area contributed by atoms with Crippen molar-refractivity contribution >= 4 is 11.4 Å². The van der Waals surface area contributed by atoms with E-state index < -0.39 is 48.8 Å². The molecule has 2 aliphatic heterocycles. The molecule has 2 atom stereocenters. The second-order valence-corrected chi connectivity index (χ2v) is 10.8. The zero-order valence-electron chi connectivity index (χ0n) is 22.2. The van der Waals surface area contributed by atoms with Gasteiger partial charge in [0.05, 0.1) is 13.1 Å². The van der Waals surface area contributed by atoms with Crippen LogP contribution in [0.25, 0.3) is 0 Å². The van der Waals surface area contributed by atoms with E-state index in [0.717, 1.165) is 6.07 Å². The number of aliphatic hydroxyl groups excluding tert-OH is 1. The molecule has 4 nitrogen and oxygen atoms in total. The molecule has 42 heavy (non-hydrogen) atoms. The number of β-amino-alcohol motifs (C(OH)–C–C–N with tert-alkyl or cyclic N) is 1. The number of piperidine rings is 1. The zero-order valence-corrected chi connectivity index (χ0v) is 22.2. The minimum Gasteiger partial charge on any atom is -0.406 e. The van der Waals surface area contributed by atoms with Crippen molar-refractivity contribution in [3.63, 3.8) is 0 Å². The number of hydrogen-bond donors (Lipinski definition) is 1. The summed E-state index contributed by atoms with van der Waals surface area (Å²) in [7, 11) is 0. The van der Waals surface area contributed by atoms with E-state index in [9.17, 15) is 40.2 Å². The van der Waals surface area contributed by atoms with E-state index in [2.05, 4.69) is 4.74 Å². The number of para-hydroxylation sites is 1. The molecule has 5 rings (SSSR count). The second-order valence-electron chi connectivity index (χ2n) is 10.8. The molecule has 0 bridgehead atoms. The maximum Gasteiger partial charge on any atom is 0.573 e. The molecule has 226 valence electrons. The first-order valence-electron chi connectivity index (χ1n) is 13.3. The number of ether oxygens (including phenoxy) is 1.